The van der Waals surface area contributed by atoms with Gasteiger partial charge in [0.1, 0.15) is 0 Å². The monoisotopic (exact) mass is 208 g/mol. The molecule has 2 aromatic carbocycles. The van der Waals surface area contributed by atoms with Crippen molar-refractivity contribution >= 4 is 26.3 Å². The topological polar surface area (TPSA) is 0 Å². The van der Waals surface area contributed by atoms with Crippen LogP contribution in [0.3, 0.4) is 0 Å². The van der Waals surface area contributed by atoms with E-state index < -0.39 is 0 Å². The Balaban J connectivity index is 0.000000160. The predicted octanol–water partition coefficient (Wildman–Crippen LogP) is 1.01. The first-order valence-corrected chi connectivity index (χ1v) is 5.07. The summed E-state index contributed by atoms with van der Waals surface area (Å²) in [5, 5.41) is 4.03. The van der Waals surface area contributed by atoms with Gasteiger partial charge in [0.15, 0.2) is 0 Å². The van der Waals surface area contributed by atoms with Crippen LogP contribution in [0.1, 0.15) is 0 Å². The van der Waals surface area contributed by atoms with Gasteiger partial charge in [0.05, 0.1) is 0 Å². The second-order valence-electron chi connectivity index (χ2n) is 3.54. The van der Waals surface area contributed by atoms with Crippen LogP contribution in [-0.2, 0) is 0 Å². The minimum atomic E-state index is 1.01. The Kier molecular flexibility index (Phi) is 4.28. The Morgan fingerprint density at radius 3 is 0.750 bits per heavy atom. The molecule has 0 atom stereocenters. The first-order valence-electron chi connectivity index (χ1n) is 5.07. The molecule has 0 saturated heterocycles. The fourth-order valence-electron chi connectivity index (χ4n) is 1.11. The number of hydrogen-bond donors (Lipinski definition) is 0. The highest BCUT2D eigenvalue weighted by atomic mass is 13.8. The van der Waals surface area contributed by atoms with Crippen molar-refractivity contribution in [3.63, 3.8) is 0 Å². The number of hydrogen-bond acceptors (Lipinski definition) is 0. The molecule has 0 aromatic heterocycles. The molecule has 0 aliphatic carbocycles. The summed E-state index contributed by atoms with van der Waals surface area (Å²) >= 11 is 0. The molecule has 0 heteroatoms. The average molecular weight is 208 g/mol. The molecule has 0 bridgehead atoms. The van der Waals surface area contributed by atoms with Gasteiger partial charge >= 0.3 is 0 Å². The normalized spacial score (nSPS) is 9.00. The Bertz CT molecular complexity index is 521. The van der Waals surface area contributed by atoms with E-state index in [4.69, 9.17) is 0 Å². The lowest BCUT2D eigenvalue weighted by Gasteiger charge is -1.79. The van der Waals surface area contributed by atoms with Gasteiger partial charge in [-0.15, -0.1) is 0 Å². The van der Waals surface area contributed by atoms with Crippen molar-refractivity contribution in [1.82, 2.24) is 0 Å². The number of benzene rings is 2. The third kappa shape index (κ3) is 3.58. The Morgan fingerprint density at radius 2 is 0.625 bits per heavy atom. The van der Waals surface area contributed by atoms with Crippen molar-refractivity contribution in [3.8, 4) is 0 Å². The summed E-state index contributed by atoms with van der Waals surface area (Å²) in [5.41, 5.74) is 0. The van der Waals surface area contributed by atoms with E-state index in [0.717, 1.165) is 20.9 Å². The number of rotatable bonds is 0. The van der Waals surface area contributed by atoms with Crippen molar-refractivity contribution in [1.29, 1.82) is 0 Å². The molecule has 0 unspecified atom stereocenters. The third-order valence-electron chi connectivity index (χ3n) is 2.24. The highest BCUT2D eigenvalue weighted by Crippen LogP contribution is 1.66. The van der Waals surface area contributed by atoms with Crippen molar-refractivity contribution < 1.29 is 0 Å². The molecule has 0 N–H and O–H groups in total. The zero-order chi connectivity index (χ0) is 12.0. The molecule has 0 saturated carbocycles. The largest absolute Gasteiger partial charge is 0.0912 e. The zero-order valence-corrected chi connectivity index (χ0v) is 9.45. The van der Waals surface area contributed by atoms with Crippen LogP contribution in [0.5, 0.6) is 0 Å². The van der Waals surface area contributed by atoms with Gasteiger partial charge in [-0.25, -0.2) is 0 Å². The minimum absolute atomic E-state index is 1.01. The molecule has 0 radical (unpaired) electrons. The van der Waals surface area contributed by atoms with E-state index >= 15 is 0 Å². The minimum Gasteiger partial charge on any atom is -0.0912 e. The van der Waals surface area contributed by atoms with E-state index in [1.54, 1.807) is 0 Å². The van der Waals surface area contributed by atoms with E-state index in [-0.39, 0.29) is 0 Å². The standard InChI is InChI=1S/2C8H8/c2*1-7-5-3-4-6-8(7)2/h2*3-6H,1-2H2. The quantitative estimate of drug-likeness (QED) is 0.606. The molecule has 0 heterocycles. The van der Waals surface area contributed by atoms with Crippen LogP contribution in [0.25, 0.3) is 26.3 Å². The maximum Gasteiger partial charge on any atom is -0.0262 e. The molecule has 0 fully saturated rings. The van der Waals surface area contributed by atoms with Gasteiger partial charge in [0.25, 0.3) is 0 Å². The predicted molar refractivity (Wildman–Crippen MR) is 73.5 cm³/mol. The highest BCUT2D eigenvalue weighted by molar-refractivity contribution is 5.16. The molecule has 0 nitrogen and oxygen atoms in total. The SMILES string of the molecule is C=c1ccccc1=C.C=c1ccccc1=C. The van der Waals surface area contributed by atoms with Gasteiger partial charge in [0, 0.05) is 0 Å². The lowest BCUT2D eigenvalue weighted by molar-refractivity contribution is 1.55. The molecule has 0 amide bonds. The van der Waals surface area contributed by atoms with Crippen molar-refractivity contribution in [2.45, 2.75) is 0 Å². The van der Waals surface area contributed by atoms with E-state index in [0.29, 0.717) is 0 Å². The molecular weight excluding hydrogens is 192 g/mol. The van der Waals surface area contributed by atoms with E-state index in [9.17, 15) is 0 Å². The molecule has 0 aliphatic heterocycles. The Hall–Kier alpha value is -2.08. The summed E-state index contributed by atoms with van der Waals surface area (Å²) in [7, 11) is 0. The molecule has 0 spiro atoms. The van der Waals surface area contributed by atoms with E-state index in [1.165, 1.54) is 0 Å². The maximum absolute atomic E-state index is 3.76. The summed E-state index contributed by atoms with van der Waals surface area (Å²) in [6.07, 6.45) is 0. The van der Waals surface area contributed by atoms with Crippen LogP contribution >= 0.6 is 0 Å². The fourth-order valence-corrected chi connectivity index (χ4v) is 1.11. The van der Waals surface area contributed by atoms with Crippen LogP contribution < -0.4 is 20.9 Å². The summed E-state index contributed by atoms with van der Waals surface area (Å²) in [6.45, 7) is 15.0. The fraction of sp³-hybridized carbons (Fsp3) is 0. The highest BCUT2D eigenvalue weighted by Gasteiger charge is 1.71. The molecule has 2 aromatic rings. The molecule has 0 aliphatic rings. The van der Waals surface area contributed by atoms with Gasteiger partial charge in [-0.1, -0.05) is 74.8 Å². The van der Waals surface area contributed by atoms with Gasteiger partial charge in [-0.2, -0.15) is 0 Å². The van der Waals surface area contributed by atoms with Crippen molar-refractivity contribution in [2.75, 3.05) is 0 Å². The first kappa shape index (κ1) is 12.0. The van der Waals surface area contributed by atoms with Crippen LogP contribution in [0.2, 0.25) is 0 Å². The van der Waals surface area contributed by atoms with E-state index in [2.05, 4.69) is 26.3 Å². The summed E-state index contributed by atoms with van der Waals surface area (Å²) in [6, 6.07) is 15.6. The van der Waals surface area contributed by atoms with Crippen LogP contribution in [-0.4, -0.2) is 0 Å². The maximum atomic E-state index is 3.76. The molecule has 80 valence electrons. The van der Waals surface area contributed by atoms with Crippen LogP contribution in [0.4, 0.5) is 0 Å². The summed E-state index contributed by atoms with van der Waals surface area (Å²) in [5.74, 6) is 0. The van der Waals surface area contributed by atoms with Crippen molar-refractivity contribution in [2.24, 2.45) is 0 Å². The Labute approximate surface area is 96.2 Å². The van der Waals surface area contributed by atoms with Gasteiger partial charge in [-0.05, 0) is 20.9 Å². The van der Waals surface area contributed by atoms with Gasteiger partial charge in [0.2, 0.25) is 0 Å². The first-order chi connectivity index (χ1) is 7.61. The van der Waals surface area contributed by atoms with Gasteiger partial charge < -0.3 is 0 Å². The van der Waals surface area contributed by atoms with Crippen LogP contribution in [0, 0.1) is 0 Å². The van der Waals surface area contributed by atoms with Gasteiger partial charge in [-0.3, -0.25) is 0 Å². The third-order valence-corrected chi connectivity index (χ3v) is 2.24. The second kappa shape index (κ2) is 5.72. The van der Waals surface area contributed by atoms with Crippen molar-refractivity contribution in [3.05, 3.63) is 69.4 Å². The van der Waals surface area contributed by atoms with Crippen LogP contribution in [0.15, 0.2) is 48.5 Å². The summed E-state index contributed by atoms with van der Waals surface area (Å²) in [4.78, 5) is 0. The summed E-state index contributed by atoms with van der Waals surface area (Å²) < 4.78 is 0. The molecule has 16 heavy (non-hydrogen) atoms. The Morgan fingerprint density at radius 1 is 0.438 bits per heavy atom. The zero-order valence-electron chi connectivity index (χ0n) is 9.45. The molecular formula is C16H16. The molecule has 2 rings (SSSR count). The van der Waals surface area contributed by atoms with E-state index in [1.807, 2.05) is 48.5 Å². The lowest BCUT2D eigenvalue weighted by Crippen LogP contribution is -2.19. The average Bonchev–Trinajstić information content (AvgIpc) is 2.28. The second-order valence-corrected chi connectivity index (χ2v) is 3.54. The smallest absolute Gasteiger partial charge is 0.0262 e. The lowest BCUT2D eigenvalue weighted by atomic mass is 10.3.